The lowest BCUT2D eigenvalue weighted by Gasteiger charge is -2.14. The average Bonchev–Trinajstić information content (AvgIpc) is 3.26. The third kappa shape index (κ3) is 4.56. The lowest BCUT2D eigenvalue weighted by molar-refractivity contribution is 0.102. The molecule has 1 saturated heterocycles. The molecule has 162 valence electrons. The van der Waals surface area contributed by atoms with Crippen molar-refractivity contribution >= 4 is 21.4 Å². The van der Waals surface area contributed by atoms with Gasteiger partial charge >= 0.3 is 0 Å². The van der Waals surface area contributed by atoms with Gasteiger partial charge in [-0.2, -0.15) is 5.10 Å². The summed E-state index contributed by atoms with van der Waals surface area (Å²) in [5.74, 6) is -0.117. The second-order valence-electron chi connectivity index (χ2n) is 8.55. The molecular formula is C24H27N3O3S. The van der Waals surface area contributed by atoms with Crippen molar-refractivity contribution < 1.29 is 13.2 Å². The van der Waals surface area contributed by atoms with Gasteiger partial charge in [-0.25, -0.2) is 8.42 Å². The zero-order chi connectivity index (χ0) is 22.3. The van der Waals surface area contributed by atoms with Gasteiger partial charge in [0, 0.05) is 11.3 Å². The van der Waals surface area contributed by atoms with Crippen LogP contribution >= 0.6 is 0 Å². The Morgan fingerprint density at radius 2 is 1.71 bits per heavy atom. The summed E-state index contributed by atoms with van der Waals surface area (Å²) in [6.45, 7) is 8.04. The highest BCUT2D eigenvalue weighted by molar-refractivity contribution is 7.91. The number of nitrogens with one attached hydrogen (secondary N) is 1. The fraction of sp³-hybridized carbons (Fsp3) is 0.333. The maximum absolute atomic E-state index is 13.0. The van der Waals surface area contributed by atoms with Crippen molar-refractivity contribution in [3.05, 3.63) is 70.4 Å². The molecule has 4 rings (SSSR count). The molecule has 0 unspecified atom stereocenters. The number of rotatable bonds is 4. The van der Waals surface area contributed by atoms with Gasteiger partial charge in [0.05, 0.1) is 23.2 Å². The molecule has 1 aliphatic rings. The molecule has 6 nitrogen and oxygen atoms in total. The molecule has 31 heavy (non-hydrogen) atoms. The van der Waals surface area contributed by atoms with Crippen LogP contribution in [0.4, 0.5) is 5.69 Å². The number of benzene rings is 2. The van der Waals surface area contributed by atoms with Crippen LogP contribution in [0.25, 0.3) is 11.3 Å². The van der Waals surface area contributed by atoms with Crippen LogP contribution in [0.15, 0.2) is 42.5 Å². The lowest BCUT2D eigenvalue weighted by Crippen LogP contribution is -2.16. The minimum Gasteiger partial charge on any atom is -0.321 e. The molecule has 1 fully saturated rings. The number of sulfone groups is 1. The van der Waals surface area contributed by atoms with Crippen molar-refractivity contribution in [1.29, 1.82) is 0 Å². The van der Waals surface area contributed by atoms with Gasteiger partial charge in [0.2, 0.25) is 0 Å². The molecule has 0 aliphatic carbocycles. The highest BCUT2D eigenvalue weighted by Crippen LogP contribution is 2.31. The zero-order valence-corrected chi connectivity index (χ0v) is 19.1. The molecular weight excluding hydrogens is 410 g/mol. The maximum atomic E-state index is 13.0. The standard InChI is InChI=1S/C24H27N3O3S/c1-15-9-16(2)11-20(10-15)25-24(28)22-13-23(19-6-5-17(3)18(4)12-19)27(26-22)21-7-8-31(29,30)14-21/h5-6,9-13,21H,7-8,14H2,1-4H3,(H,25,28)/t21-/m0/s1. The Balaban J connectivity index is 1.73. The molecule has 0 bridgehead atoms. The summed E-state index contributed by atoms with van der Waals surface area (Å²) >= 11 is 0. The number of anilines is 1. The zero-order valence-electron chi connectivity index (χ0n) is 18.3. The molecule has 3 aromatic rings. The minimum absolute atomic E-state index is 0.0463. The van der Waals surface area contributed by atoms with E-state index < -0.39 is 9.84 Å². The van der Waals surface area contributed by atoms with Crippen molar-refractivity contribution in [3.8, 4) is 11.3 Å². The van der Waals surface area contributed by atoms with Crippen LogP contribution < -0.4 is 5.32 Å². The molecule has 2 heterocycles. The van der Waals surface area contributed by atoms with Crippen LogP contribution in [0.3, 0.4) is 0 Å². The van der Waals surface area contributed by atoms with E-state index in [9.17, 15) is 13.2 Å². The molecule has 1 atom stereocenters. The molecule has 2 aromatic carbocycles. The predicted octanol–water partition coefficient (Wildman–Crippen LogP) is 4.40. The Kier molecular flexibility index (Phi) is 5.47. The number of amides is 1. The summed E-state index contributed by atoms with van der Waals surface area (Å²) in [5.41, 5.74) is 7.10. The smallest absolute Gasteiger partial charge is 0.276 e. The summed E-state index contributed by atoms with van der Waals surface area (Å²) in [6, 6.07) is 13.4. The number of hydrogen-bond acceptors (Lipinski definition) is 4. The van der Waals surface area contributed by atoms with Gasteiger partial charge in [0.1, 0.15) is 0 Å². The second-order valence-corrected chi connectivity index (χ2v) is 10.8. The van der Waals surface area contributed by atoms with Gasteiger partial charge in [-0.3, -0.25) is 9.48 Å². The Bertz CT molecular complexity index is 1250. The fourth-order valence-electron chi connectivity index (χ4n) is 4.11. The van der Waals surface area contributed by atoms with E-state index in [2.05, 4.69) is 16.5 Å². The first-order chi connectivity index (χ1) is 14.6. The molecule has 0 saturated carbocycles. The van der Waals surface area contributed by atoms with E-state index >= 15 is 0 Å². The van der Waals surface area contributed by atoms with Gasteiger partial charge in [0.25, 0.3) is 5.91 Å². The van der Waals surface area contributed by atoms with Crippen molar-refractivity contribution in [2.45, 2.75) is 40.2 Å². The second kappa shape index (κ2) is 7.96. The van der Waals surface area contributed by atoms with Gasteiger partial charge in [-0.15, -0.1) is 0 Å². The molecule has 0 radical (unpaired) electrons. The van der Waals surface area contributed by atoms with E-state index in [4.69, 9.17) is 0 Å². The quantitative estimate of drug-likeness (QED) is 0.656. The van der Waals surface area contributed by atoms with Crippen LogP contribution in [0, 0.1) is 27.7 Å². The van der Waals surface area contributed by atoms with Crippen molar-refractivity contribution in [3.63, 3.8) is 0 Å². The minimum atomic E-state index is -3.09. The maximum Gasteiger partial charge on any atom is 0.276 e. The Labute approximate surface area is 183 Å². The Morgan fingerprint density at radius 3 is 2.32 bits per heavy atom. The van der Waals surface area contributed by atoms with E-state index in [-0.39, 0.29) is 29.1 Å². The van der Waals surface area contributed by atoms with E-state index in [1.165, 1.54) is 5.56 Å². The van der Waals surface area contributed by atoms with E-state index in [0.29, 0.717) is 12.1 Å². The molecule has 1 amide bonds. The van der Waals surface area contributed by atoms with Crippen molar-refractivity contribution in [2.75, 3.05) is 16.8 Å². The number of carbonyl (C=O) groups excluding carboxylic acids is 1. The molecule has 7 heteroatoms. The van der Waals surface area contributed by atoms with Gasteiger partial charge < -0.3 is 5.32 Å². The van der Waals surface area contributed by atoms with Crippen LogP contribution in [0.2, 0.25) is 0 Å². The summed E-state index contributed by atoms with van der Waals surface area (Å²) < 4.78 is 25.9. The summed E-state index contributed by atoms with van der Waals surface area (Å²) in [6.07, 6.45) is 0.500. The first-order valence-electron chi connectivity index (χ1n) is 10.4. The van der Waals surface area contributed by atoms with Crippen LogP contribution in [0.1, 0.15) is 45.2 Å². The van der Waals surface area contributed by atoms with Crippen molar-refractivity contribution in [2.24, 2.45) is 0 Å². The number of aryl methyl sites for hydroxylation is 4. The average molecular weight is 438 g/mol. The lowest BCUT2D eigenvalue weighted by atomic mass is 10.0. The largest absolute Gasteiger partial charge is 0.321 e. The van der Waals surface area contributed by atoms with Gasteiger partial charge in [0.15, 0.2) is 15.5 Å². The highest BCUT2D eigenvalue weighted by Gasteiger charge is 2.32. The fourth-order valence-corrected chi connectivity index (χ4v) is 5.80. The summed E-state index contributed by atoms with van der Waals surface area (Å²) in [4.78, 5) is 13.0. The summed E-state index contributed by atoms with van der Waals surface area (Å²) in [5, 5.41) is 7.49. The number of aromatic nitrogens is 2. The van der Waals surface area contributed by atoms with E-state index in [0.717, 1.165) is 27.9 Å². The third-order valence-electron chi connectivity index (χ3n) is 5.80. The van der Waals surface area contributed by atoms with E-state index in [1.54, 1.807) is 10.7 Å². The normalized spacial score (nSPS) is 17.6. The number of nitrogens with zero attached hydrogens (tertiary/aromatic N) is 2. The molecule has 0 spiro atoms. The van der Waals surface area contributed by atoms with Crippen LogP contribution in [-0.4, -0.2) is 35.6 Å². The molecule has 1 aromatic heterocycles. The van der Waals surface area contributed by atoms with Gasteiger partial charge in [-0.1, -0.05) is 18.2 Å². The third-order valence-corrected chi connectivity index (χ3v) is 7.56. The molecule has 1 N–H and O–H groups in total. The first kappa shape index (κ1) is 21.3. The Morgan fingerprint density at radius 1 is 1.00 bits per heavy atom. The van der Waals surface area contributed by atoms with Crippen LogP contribution in [-0.2, 0) is 9.84 Å². The highest BCUT2D eigenvalue weighted by atomic mass is 32.2. The number of hydrogen-bond donors (Lipinski definition) is 1. The Hall–Kier alpha value is -2.93. The topological polar surface area (TPSA) is 81.1 Å². The van der Waals surface area contributed by atoms with Gasteiger partial charge in [-0.05, 0) is 80.6 Å². The van der Waals surface area contributed by atoms with Crippen LogP contribution in [0.5, 0.6) is 0 Å². The van der Waals surface area contributed by atoms with E-state index in [1.807, 2.05) is 58.0 Å². The predicted molar refractivity (Wildman–Crippen MR) is 123 cm³/mol. The summed E-state index contributed by atoms with van der Waals surface area (Å²) in [7, 11) is -3.09. The van der Waals surface area contributed by atoms with Crippen molar-refractivity contribution in [1.82, 2.24) is 9.78 Å². The number of carbonyl (C=O) groups is 1. The molecule has 1 aliphatic heterocycles. The monoisotopic (exact) mass is 437 g/mol. The SMILES string of the molecule is Cc1cc(C)cc(NC(=O)c2cc(-c3ccc(C)c(C)c3)n([C@H]3CCS(=O)(=O)C3)n2)c1. The first-order valence-corrected chi connectivity index (χ1v) is 12.2.